The summed E-state index contributed by atoms with van der Waals surface area (Å²) in [5.74, 6) is -0.287. The molecule has 2 aromatic carbocycles. The molecule has 1 N–H and O–H groups in total. The molecule has 1 heterocycles. The lowest BCUT2D eigenvalue weighted by Crippen LogP contribution is -2.05. The van der Waals surface area contributed by atoms with E-state index in [9.17, 15) is 9.18 Å². The molecule has 128 valence electrons. The van der Waals surface area contributed by atoms with Gasteiger partial charge in [0.15, 0.2) is 0 Å². The highest BCUT2D eigenvalue weighted by atomic mass is 35.5. The molecule has 6 nitrogen and oxygen atoms in total. The Morgan fingerprint density at radius 2 is 2.00 bits per heavy atom. The van der Waals surface area contributed by atoms with Gasteiger partial charge in [0.2, 0.25) is 0 Å². The number of carbonyl (C=O) groups is 1. The van der Waals surface area contributed by atoms with Crippen LogP contribution in [0.2, 0.25) is 5.02 Å². The molecule has 0 aliphatic carbocycles. The molecular formula is C17H13ClFN3O3. The van der Waals surface area contributed by atoms with Crippen LogP contribution in [0, 0.1) is 5.82 Å². The van der Waals surface area contributed by atoms with E-state index in [1.807, 2.05) is 0 Å². The summed E-state index contributed by atoms with van der Waals surface area (Å²) in [7, 11) is 2.74. The minimum Gasteiger partial charge on any atom is -0.496 e. The van der Waals surface area contributed by atoms with Gasteiger partial charge in [-0.15, -0.1) is 0 Å². The second-order valence-electron chi connectivity index (χ2n) is 5.04. The molecule has 0 saturated heterocycles. The second-order valence-corrected chi connectivity index (χ2v) is 5.44. The van der Waals surface area contributed by atoms with Crippen LogP contribution >= 0.6 is 11.6 Å². The molecule has 0 spiro atoms. The van der Waals surface area contributed by atoms with Gasteiger partial charge in [-0.1, -0.05) is 11.6 Å². The summed E-state index contributed by atoms with van der Waals surface area (Å²) in [6, 6.07) is 7.41. The number of rotatable bonds is 4. The molecule has 3 aromatic rings. The SMILES string of the molecule is COC(=O)c1cc2c(Nc3ccc(F)c(Cl)c3)ncnc2cc1OC. The van der Waals surface area contributed by atoms with Crippen molar-refractivity contribution in [2.75, 3.05) is 19.5 Å². The number of carbonyl (C=O) groups excluding carboxylic acids is 1. The highest BCUT2D eigenvalue weighted by molar-refractivity contribution is 6.31. The number of nitrogens with one attached hydrogen (secondary N) is 1. The van der Waals surface area contributed by atoms with Crippen LogP contribution < -0.4 is 10.1 Å². The fourth-order valence-corrected chi connectivity index (χ4v) is 2.51. The smallest absolute Gasteiger partial charge is 0.341 e. The molecule has 0 aliphatic rings. The Bertz CT molecular complexity index is 965. The molecule has 0 atom stereocenters. The number of anilines is 2. The average Bonchev–Trinajstić information content (AvgIpc) is 2.63. The van der Waals surface area contributed by atoms with Crippen LogP contribution in [0.25, 0.3) is 10.9 Å². The zero-order chi connectivity index (χ0) is 18.0. The molecule has 8 heteroatoms. The van der Waals surface area contributed by atoms with E-state index < -0.39 is 11.8 Å². The van der Waals surface area contributed by atoms with E-state index in [4.69, 9.17) is 21.1 Å². The maximum atomic E-state index is 13.3. The lowest BCUT2D eigenvalue weighted by atomic mass is 10.1. The number of hydrogen-bond acceptors (Lipinski definition) is 6. The van der Waals surface area contributed by atoms with E-state index in [0.717, 1.165) is 0 Å². The molecule has 0 fully saturated rings. The molecule has 1 aromatic heterocycles. The van der Waals surface area contributed by atoms with Crippen molar-refractivity contribution in [2.24, 2.45) is 0 Å². The summed E-state index contributed by atoms with van der Waals surface area (Å²) >= 11 is 5.80. The highest BCUT2D eigenvalue weighted by Gasteiger charge is 2.17. The van der Waals surface area contributed by atoms with Crippen LogP contribution in [0.3, 0.4) is 0 Å². The standard InChI is InChI=1S/C17H13ClFN3O3/c1-24-15-7-14-10(6-11(15)17(23)25-2)16(21-8-20-14)22-9-3-4-13(19)12(18)5-9/h3-8H,1-2H3,(H,20,21,22). The van der Waals surface area contributed by atoms with Gasteiger partial charge in [-0.05, 0) is 24.3 Å². The van der Waals surface area contributed by atoms with Crippen LogP contribution in [-0.4, -0.2) is 30.2 Å². The maximum absolute atomic E-state index is 13.3. The molecular weight excluding hydrogens is 349 g/mol. The molecule has 0 amide bonds. The van der Waals surface area contributed by atoms with Crippen LogP contribution in [0.5, 0.6) is 5.75 Å². The van der Waals surface area contributed by atoms with Crippen molar-refractivity contribution in [2.45, 2.75) is 0 Å². The minimum atomic E-state index is -0.543. The molecule has 0 bridgehead atoms. The summed E-state index contributed by atoms with van der Waals surface area (Å²) in [5.41, 5.74) is 1.35. The third-order valence-electron chi connectivity index (χ3n) is 3.54. The number of methoxy groups -OCH3 is 2. The van der Waals surface area contributed by atoms with E-state index in [2.05, 4.69) is 15.3 Å². The van der Waals surface area contributed by atoms with Crippen LogP contribution in [0.1, 0.15) is 10.4 Å². The van der Waals surface area contributed by atoms with Crippen molar-refractivity contribution >= 4 is 40.0 Å². The first-order valence-corrected chi connectivity index (χ1v) is 7.54. The van der Waals surface area contributed by atoms with E-state index in [-0.39, 0.29) is 10.6 Å². The maximum Gasteiger partial charge on any atom is 0.341 e. The van der Waals surface area contributed by atoms with E-state index in [1.165, 1.54) is 38.7 Å². The first kappa shape index (κ1) is 16.9. The highest BCUT2D eigenvalue weighted by Crippen LogP contribution is 2.30. The molecule has 25 heavy (non-hydrogen) atoms. The van der Waals surface area contributed by atoms with Crippen molar-refractivity contribution < 1.29 is 18.7 Å². The second kappa shape index (κ2) is 6.90. The molecule has 0 aliphatic heterocycles. The van der Waals surface area contributed by atoms with Gasteiger partial charge in [-0.2, -0.15) is 0 Å². The lowest BCUT2D eigenvalue weighted by Gasteiger charge is -2.12. The summed E-state index contributed by atoms with van der Waals surface area (Å²) in [6.07, 6.45) is 1.37. The van der Waals surface area contributed by atoms with Crippen molar-refractivity contribution in [3.8, 4) is 5.75 Å². The third-order valence-corrected chi connectivity index (χ3v) is 3.83. The normalized spacial score (nSPS) is 10.6. The van der Waals surface area contributed by atoms with Gasteiger partial charge in [0.25, 0.3) is 0 Å². The molecule has 0 saturated carbocycles. The van der Waals surface area contributed by atoms with Gasteiger partial charge in [0.05, 0.1) is 24.8 Å². The number of fused-ring (bicyclic) bond motifs is 1. The van der Waals surface area contributed by atoms with Crippen molar-refractivity contribution in [1.29, 1.82) is 0 Å². The van der Waals surface area contributed by atoms with Crippen molar-refractivity contribution in [1.82, 2.24) is 9.97 Å². The predicted octanol–water partition coefficient (Wildman–Crippen LogP) is 3.96. The first-order valence-electron chi connectivity index (χ1n) is 7.16. The van der Waals surface area contributed by atoms with Gasteiger partial charge in [0, 0.05) is 17.1 Å². The average molecular weight is 362 g/mol. The van der Waals surface area contributed by atoms with Gasteiger partial charge in [0.1, 0.15) is 29.3 Å². The predicted molar refractivity (Wildman–Crippen MR) is 92.1 cm³/mol. The Balaban J connectivity index is 2.11. The fourth-order valence-electron chi connectivity index (χ4n) is 2.33. The Morgan fingerprint density at radius 3 is 2.68 bits per heavy atom. The quantitative estimate of drug-likeness (QED) is 0.709. The van der Waals surface area contributed by atoms with E-state index in [0.29, 0.717) is 28.2 Å². The first-order chi connectivity index (χ1) is 12.0. The lowest BCUT2D eigenvalue weighted by molar-refractivity contribution is 0.0597. The summed E-state index contributed by atoms with van der Waals surface area (Å²) in [5, 5.41) is 3.60. The van der Waals surface area contributed by atoms with E-state index in [1.54, 1.807) is 12.1 Å². The van der Waals surface area contributed by atoms with Gasteiger partial charge < -0.3 is 14.8 Å². The number of hydrogen-bond donors (Lipinski definition) is 1. The number of esters is 1. The Morgan fingerprint density at radius 1 is 1.20 bits per heavy atom. The topological polar surface area (TPSA) is 73.3 Å². The van der Waals surface area contributed by atoms with Crippen molar-refractivity contribution in [3.05, 3.63) is 53.1 Å². The Labute approximate surface area is 147 Å². The van der Waals surface area contributed by atoms with E-state index >= 15 is 0 Å². The molecule has 3 rings (SSSR count). The van der Waals surface area contributed by atoms with Crippen LogP contribution in [-0.2, 0) is 4.74 Å². The Kier molecular flexibility index (Phi) is 4.67. The third kappa shape index (κ3) is 3.32. The number of halogens is 2. The number of aromatic nitrogens is 2. The number of nitrogens with zero attached hydrogens (tertiary/aromatic N) is 2. The Hall–Kier alpha value is -2.93. The number of benzene rings is 2. The van der Waals surface area contributed by atoms with Crippen LogP contribution in [0.15, 0.2) is 36.7 Å². The fraction of sp³-hybridized carbons (Fsp3) is 0.118. The van der Waals surface area contributed by atoms with Crippen LogP contribution in [0.4, 0.5) is 15.9 Å². The van der Waals surface area contributed by atoms with Gasteiger partial charge in [-0.3, -0.25) is 0 Å². The summed E-state index contributed by atoms with van der Waals surface area (Å²) < 4.78 is 23.3. The van der Waals surface area contributed by atoms with Crippen molar-refractivity contribution in [3.63, 3.8) is 0 Å². The molecule has 0 radical (unpaired) electrons. The zero-order valence-corrected chi connectivity index (χ0v) is 14.1. The van der Waals surface area contributed by atoms with Gasteiger partial charge >= 0.3 is 5.97 Å². The summed E-state index contributed by atoms with van der Waals surface area (Å²) in [6.45, 7) is 0. The minimum absolute atomic E-state index is 0.0136. The monoisotopic (exact) mass is 361 g/mol. The zero-order valence-electron chi connectivity index (χ0n) is 13.3. The van der Waals surface area contributed by atoms with Gasteiger partial charge in [-0.25, -0.2) is 19.2 Å². The number of ether oxygens (including phenoxy) is 2. The summed E-state index contributed by atoms with van der Waals surface area (Å²) in [4.78, 5) is 20.3. The molecule has 0 unspecified atom stereocenters. The largest absolute Gasteiger partial charge is 0.496 e.